The second-order valence-corrected chi connectivity index (χ2v) is 9.74. The number of sulfonamides is 1. The van der Waals surface area contributed by atoms with E-state index in [0.29, 0.717) is 24.3 Å². The van der Waals surface area contributed by atoms with E-state index in [9.17, 15) is 13.2 Å². The number of benzene rings is 1. The third kappa shape index (κ3) is 4.80. The monoisotopic (exact) mass is 454 g/mol. The highest BCUT2D eigenvalue weighted by molar-refractivity contribution is 7.89. The van der Waals surface area contributed by atoms with Crippen LogP contribution >= 0.6 is 11.3 Å². The number of anilines is 1. The van der Waals surface area contributed by atoms with Crippen LogP contribution in [0.5, 0.6) is 5.75 Å². The molecule has 1 aliphatic rings. The van der Waals surface area contributed by atoms with Gasteiger partial charge in [0.05, 0.1) is 30.8 Å². The van der Waals surface area contributed by atoms with Crippen molar-refractivity contribution in [2.75, 3.05) is 38.7 Å². The third-order valence-corrected chi connectivity index (χ3v) is 7.92. The fourth-order valence-electron chi connectivity index (χ4n) is 3.21. The average molecular weight is 455 g/mol. The first kappa shape index (κ1) is 22.6. The molecular formula is C19H26N4O5S2. The lowest BCUT2D eigenvalue weighted by molar-refractivity contribution is 0.0730. The molecule has 1 aliphatic heterocycles. The van der Waals surface area contributed by atoms with Crippen LogP contribution in [0.3, 0.4) is 0 Å². The largest absolute Gasteiger partial charge is 0.496 e. The van der Waals surface area contributed by atoms with Gasteiger partial charge in [0, 0.05) is 19.0 Å². The number of carbonyl (C=O) groups excluding carboxylic acids is 1. The zero-order valence-corrected chi connectivity index (χ0v) is 18.9. The van der Waals surface area contributed by atoms with E-state index in [1.807, 2.05) is 0 Å². The number of hydrogen-bond donors (Lipinski definition) is 1. The summed E-state index contributed by atoms with van der Waals surface area (Å²) in [6.07, 6.45) is 1.88. The summed E-state index contributed by atoms with van der Waals surface area (Å²) in [6.45, 7) is 5.41. The Morgan fingerprint density at radius 3 is 2.60 bits per heavy atom. The number of rotatable bonds is 8. The second-order valence-electron chi connectivity index (χ2n) is 6.79. The molecule has 9 nitrogen and oxygen atoms in total. The molecule has 1 saturated heterocycles. The van der Waals surface area contributed by atoms with E-state index < -0.39 is 15.9 Å². The van der Waals surface area contributed by atoms with Gasteiger partial charge in [0.1, 0.15) is 10.8 Å². The van der Waals surface area contributed by atoms with Crippen molar-refractivity contribution in [3.8, 4) is 5.75 Å². The predicted molar refractivity (Wildman–Crippen MR) is 114 cm³/mol. The first-order valence-electron chi connectivity index (χ1n) is 9.81. The first-order chi connectivity index (χ1) is 14.4. The molecule has 0 saturated carbocycles. The summed E-state index contributed by atoms with van der Waals surface area (Å²) in [5, 5.41) is 12.2. The molecule has 11 heteroatoms. The maximum Gasteiger partial charge on any atom is 0.261 e. The van der Waals surface area contributed by atoms with Gasteiger partial charge < -0.3 is 9.47 Å². The zero-order chi connectivity index (χ0) is 21.7. The highest BCUT2D eigenvalue weighted by atomic mass is 32.2. The Hall–Kier alpha value is -2.08. The van der Waals surface area contributed by atoms with E-state index in [2.05, 4.69) is 29.4 Å². The number of amides is 1. The number of aromatic nitrogens is 2. The van der Waals surface area contributed by atoms with Crippen LogP contribution in [0.15, 0.2) is 23.1 Å². The van der Waals surface area contributed by atoms with Crippen molar-refractivity contribution in [2.24, 2.45) is 0 Å². The number of hydrogen-bond acceptors (Lipinski definition) is 8. The fraction of sp³-hybridized carbons (Fsp3) is 0.526. The number of methoxy groups -OCH3 is 1. The number of nitrogens with zero attached hydrogens (tertiary/aromatic N) is 3. The summed E-state index contributed by atoms with van der Waals surface area (Å²) >= 11 is 1.32. The fourth-order valence-corrected chi connectivity index (χ4v) is 5.65. The van der Waals surface area contributed by atoms with E-state index in [1.54, 1.807) is 0 Å². The molecule has 2 heterocycles. The normalized spacial score (nSPS) is 15.3. The van der Waals surface area contributed by atoms with Gasteiger partial charge in [-0.25, -0.2) is 8.42 Å². The molecule has 164 valence electrons. The van der Waals surface area contributed by atoms with Gasteiger partial charge in [0.2, 0.25) is 15.2 Å². The van der Waals surface area contributed by atoms with E-state index in [0.717, 1.165) is 17.8 Å². The third-order valence-electron chi connectivity index (χ3n) is 5.02. The first-order valence-corrected chi connectivity index (χ1v) is 12.1. The molecule has 1 fully saturated rings. The minimum Gasteiger partial charge on any atom is -0.496 e. The lowest BCUT2D eigenvalue weighted by Gasteiger charge is -2.26. The Morgan fingerprint density at radius 1 is 1.27 bits per heavy atom. The van der Waals surface area contributed by atoms with Crippen molar-refractivity contribution in [3.63, 3.8) is 0 Å². The molecule has 1 aromatic heterocycles. The minimum atomic E-state index is -3.74. The number of morpholine rings is 1. The maximum atomic E-state index is 12.9. The zero-order valence-electron chi connectivity index (χ0n) is 17.3. The topological polar surface area (TPSA) is 111 Å². The van der Waals surface area contributed by atoms with E-state index in [4.69, 9.17) is 9.47 Å². The quantitative estimate of drug-likeness (QED) is 0.653. The van der Waals surface area contributed by atoms with Crippen molar-refractivity contribution >= 4 is 32.4 Å². The highest BCUT2D eigenvalue weighted by Crippen LogP contribution is 2.30. The lowest BCUT2D eigenvalue weighted by Crippen LogP contribution is -2.40. The summed E-state index contributed by atoms with van der Waals surface area (Å²) < 4.78 is 37.7. The smallest absolute Gasteiger partial charge is 0.261 e. The van der Waals surface area contributed by atoms with Gasteiger partial charge in [-0.05, 0) is 31.0 Å². The van der Waals surface area contributed by atoms with Crippen LogP contribution in [0, 0.1) is 0 Å². The Bertz CT molecular complexity index is 983. The van der Waals surface area contributed by atoms with Crippen LogP contribution in [0.25, 0.3) is 0 Å². The molecule has 3 rings (SSSR count). The number of nitrogens with one attached hydrogen (secondary N) is 1. The Balaban J connectivity index is 1.85. The van der Waals surface area contributed by atoms with Crippen LogP contribution in [-0.4, -0.2) is 62.2 Å². The van der Waals surface area contributed by atoms with Crippen LogP contribution < -0.4 is 10.1 Å². The molecule has 0 unspecified atom stereocenters. The summed E-state index contributed by atoms with van der Waals surface area (Å²) in [4.78, 5) is 12.9. The van der Waals surface area contributed by atoms with Gasteiger partial charge in [0.25, 0.3) is 5.91 Å². The summed E-state index contributed by atoms with van der Waals surface area (Å²) in [5.41, 5.74) is 0.117. The van der Waals surface area contributed by atoms with Gasteiger partial charge in [-0.15, -0.1) is 10.2 Å². The molecule has 1 N–H and O–H groups in total. The Labute approximate surface area is 180 Å². The Kier molecular flexibility index (Phi) is 7.40. The molecular weight excluding hydrogens is 428 g/mol. The number of ether oxygens (including phenoxy) is 2. The van der Waals surface area contributed by atoms with Gasteiger partial charge in [-0.1, -0.05) is 25.2 Å². The van der Waals surface area contributed by atoms with Gasteiger partial charge in [-0.3, -0.25) is 10.1 Å². The Morgan fingerprint density at radius 2 is 1.97 bits per heavy atom. The van der Waals surface area contributed by atoms with E-state index in [-0.39, 0.29) is 29.3 Å². The van der Waals surface area contributed by atoms with Crippen molar-refractivity contribution in [3.05, 3.63) is 28.8 Å². The number of carbonyl (C=O) groups is 1. The van der Waals surface area contributed by atoms with E-state index >= 15 is 0 Å². The molecule has 1 amide bonds. The van der Waals surface area contributed by atoms with Crippen molar-refractivity contribution < 1.29 is 22.7 Å². The van der Waals surface area contributed by atoms with Crippen molar-refractivity contribution in [2.45, 2.75) is 37.5 Å². The molecule has 0 bridgehead atoms. The molecule has 0 aliphatic carbocycles. The standard InChI is InChI=1S/C19H26N4O5S2/c1-4-13(5-2)18-21-22-19(29-18)20-17(24)15-12-14(6-7-16(15)27-3)30(25,26)23-8-10-28-11-9-23/h6-7,12-13H,4-5,8-11H2,1-3H3,(H,20,22,24). The minimum absolute atomic E-state index is 0.0327. The summed E-state index contributed by atoms with van der Waals surface area (Å²) in [7, 11) is -2.31. The predicted octanol–water partition coefficient (Wildman–Crippen LogP) is 2.72. The van der Waals surface area contributed by atoms with Gasteiger partial charge in [0.15, 0.2) is 0 Å². The summed E-state index contributed by atoms with van der Waals surface area (Å²) in [5.74, 6) is 0.0703. The van der Waals surface area contributed by atoms with Crippen molar-refractivity contribution in [1.82, 2.24) is 14.5 Å². The molecule has 30 heavy (non-hydrogen) atoms. The second kappa shape index (κ2) is 9.82. The lowest BCUT2D eigenvalue weighted by atomic mass is 10.1. The van der Waals surface area contributed by atoms with Crippen LogP contribution in [0.2, 0.25) is 0 Å². The van der Waals surface area contributed by atoms with Crippen LogP contribution in [0.4, 0.5) is 5.13 Å². The molecule has 2 aromatic rings. The molecule has 0 spiro atoms. The molecule has 0 radical (unpaired) electrons. The van der Waals surface area contributed by atoms with Gasteiger partial charge >= 0.3 is 0 Å². The van der Waals surface area contributed by atoms with Gasteiger partial charge in [-0.2, -0.15) is 4.31 Å². The van der Waals surface area contributed by atoms with Crippen LogP contribution in [0.1, 0.15) is 48.0 Å². The van der Waals surface area contributed by atoms with E-state index in [1.165, 1.54) is 41.0 Å². The summed E-state index contributed by atoms with van der Waals surface area (Å²) in [6, 6.07) is 4.26. The van der Waals surface area contributed by atoms with Crippen molar-refractivity contribution in [1.29, 1.82) is 0 Å². The highest BCUT2D eigenvalue weighted by Gasteiger charge is 2.28. The molecule has 0 atom stereocenters. The molecule has 1 aromatic carbocycles. The SMILES string of the molecule is CCC(CC)c1nnc(NC(=O)c2cc(S(=O)(=O)N3CCOCC3)ccc2OC)s1. The maximum absolute atomic E-state index is 12.9. The van der Waals surface area contributed by atoms with Crippen LogP contribution in [-0.2, 0) is 14.8 Å². The average Bonchev–Trinajstić information content (AvgIpc) is 3.22.